The Morgan fingerprint density at radius 1 is 1.23 bits per heavy atom. The number of anilines is 1. The first-order valence-corrected chi connectivity index (χ1v) is 13.6. The van der Waals surface area contributed by atoms with Crippen LogP contribution in [-0.4, -0.2) is 64.6 Å². The zero-order valence-corrected chi connectivity index (χ0v) is 23.3. The van der Waals surface area contributed by atoms with Gasteiger partial charge < -0.3 is 20.8 Å². The summed E-state index contributed by atoms with van der Waals surface area (Å²) in [5, 5.41) is 25.5. The van der Waals surface area contributed by atoms with Crippen molar-refractivity contribution in [1.82, 2.24) is 10.2 Å². The van der Waals surface area contributed by atoms with E-state index in [9.17, 15) is 33.4 Å². The van der Waals surface area contributed by atoms with Crippen LogP contribution in [0, 0.1) is 11.8 Å². The van der Waals surface area contributed by atoms with Crippen LogP contribution in [0.3, 0.4) is 0 Å². The highest BCUT2D eigenvalue weighted by Gasteiger charge is 2.74. The molecule has 4 N–H and O–H groups in total. The third-order valence-corrected chi connectivity index (χ3v) is 8.94. The van der Waals surface area contributed by atoms with E-state index in [4.69, 9.17) is 23.2 Å². The Balaban J connectivity index is 1.47. The minimum absolute atomic E-state index is 0.0406. The number of nitrogens with zero attached hydrogens (tertiary/aromatic N) is 1. The lowest BCUT2D eigenvalue weighted by Gasteiger charge is -2.35. The molecule has 0 aromatic heterocycles. The van der Waals surface area contributed by atoms with E-state index in [-0.39, 0.29) is 34.4 Å². The number of amides is 2. The Hall–Kier alpha value is -2.79. The predicted octanol–water partition coefficient (Wildman–Crippen LogP) is 3.81. The molecule has 40 heavy (non-hydrogen) atoms. The third kappa shape index (κ3) is 4.45. The molecule has 2 saturated heterocycles. The van der Waals surface area contributed by atoms with Gasteiger partial charge in [-0.05, 0) is 29.7 Å². The first-order valence-electron chi connectivity index (χ1n) is 12.9. The van der Waals surface area contributed by atoms with E-state index in [0.29, 0.717) is 6.42 Å². The van der Waals surface area contributed by atoms with Gasteiger partial charge in [-0.2, -0.15) is 0 Å². The Kier molecular flexibility index (Phi) is 7.14. The zero-order chi connectivity index (χ0) is 29.2. The van der Waals surface area contributed by atoms with Crippen molar-refractivity contribution in [1.29, 1.82) is 0 Å². The van der Waals surface area contributed by atoms with Gasteiger partial charge in [-0.25, -0.2) is 8.78 Å². The minimum Gasteiger partial charge on any atom is -0.481 e. The number of aliphatic carboxylic acids is 1. The van der Waals surface area contributed by atoms with Crippen LogP contribution in [0.15, 0.2) is 36.4 Å². The molecule has 3 aliphatic heterocycles. The largest absolute Gasteiger partial charge is 0.481 e. The maximum atomic E-state index is 14.8. The van der Waals surface area contributed by atoms with Crippen molar-refractivity contribution in [2.24, 2.45) is 11.8 Å². The molecule has 2 amide bonds. The zero-order valence-electron chi connectivity index (χ0n) is 21.8. The number of nitrogens with one attached hydrogen (secondary N) is 2. The summed E-state index contributed by atoms with van der Waals surface area (Å²) in [6, 6.07) is 9.02. The van der Waals surface area contributed by atoms with Crippen molar-refractivity contribution < 1.29 is 33.4 Å². The SMILES string of the molecule is CC(C)(CO)c1cccc(CCNC(=O)C2[C@H]3CC(F)(F)CN3[C@]3(C(=O)Nc4c(Cl)cc(Cl)cc43)[C@H]2C(=O)O)c1. The van der Waals surface area contributed by atoms with Crippen molar-refractivity contribution in [2.45, 2.75) is 49.6 Å². The van der Waals surface area contributed by atoms with Crippen LogP contribution in [0.2, 0.25) is 10.0 Å². The fourth-order valence-corrected chi connectivity index (χ4v) is 7.03. The molecule has 1 spiro atoms. The third-order valence-electron chi connectivity index (χ3n) is 8.42. The van der Waals surface area contributed by atoms with Gasteiger partial charge in [0.1, 0.15) is 11.5 Å². The number of carbonyl (C=O) groups excluding carboxylic acids is 2. The molecule has 0 aliphatic carbocycles. The summed E-state index contributed by atoms with van der Waals surface area (Å²) < 4.78 is 29.7. The number of halogens is 4. The lowest BCUT2D eigenvalue weighted by molar-refractivity contribution is -0.153. The Bertz CT molecular complexity index is 1400. The smallest absolute Gasteiger partial charge is 0.310 e. The molecular weight excluding hydrogens is 567 g/mol. The molecule has 5 rings (SSSR count). The average molecular weight is 596 g/mol. The van der Waals surface area contributed by atoms with Gasteiger partial charge in [-0.15, -0.1) is 0 Å². The number of aliphatic hydroxyl groups is 1. The predicted molar refractivity (Wildman–Crippen MR) is 145 cm³/mol. The number of benzene rings is 2. The van der Waals surface area contributed by atoms with Gasteiger partial charge in [-0.3, -0.25) is 19.3 Å². The van der Waals surface area contributed by atoms with E-state index in [1.54, 1.807) is 0 Å². The summed E-state index contributed by atoms with van der Waals surface area (Å²) in [7, 11) is 0. The number of hydrogen-bond donors (Lipinski definition) is 4. The molecule has 2 aromatic rings. The molecule has 1 unspecified atom stereocenters. The van der Waals surface area contributed by atoms with E-state index in [0.717, 1.165) is 16.0 Å². The van der Waals surface area contributed by atoms with E-state index >= 15 is 0 Å². The summed E-state index contributed by atoms with van der Waals surface area (Å²) in [5.74, 6) is -9.38. The fraction of sp³-hybridized carbons (Fsp3) is 0.464. The second kappa shape index (κ2) is 9.94. The van der Waals surface area contributed by atoms with Crippen molar-refractivity contribution in [3.05, 3.63) is 63.1 Å². The number of carboxylic acid groups (broad SMARTS) is 1. The van der Waals surface area contributed by atoms with E-state index < -0.39 is 65.5 Å². The van der Waals surface area contributed by atoms with Gasteiger partial charge in [0.05, 0.1) is 29.8 Å². The van der Waals surface area contributed by atoms with Gasteiger partial charge >= 0.3 is 5.97 Å². The highest BCUT2D eigenvalue weighted by Crippen LogP contribution is 2.60. The molecule has 0 radical (unpaired) electrons. The summed E-state index contributed by atoms with van der Waals surface area (Å²) in [4.78, 5) is 41.1. The molecule has 3 heterocycles. The molecule has 2 aromatic carbocycles. The lowest BCUT2D eigenvalue weighted by atomic mass is 9.73. The molecule has 3 aliphatic rings. The maximum Gasteiger partial charge on any atom is 0.310 e. The standard InChI is InChI=1S/C28H29Cl2F2N3O5/c1-26(2,13-36)15-5-3-4-14(8-15)6-7-33-23(37)20-19-11-27(31,32)12-35(19)28(21(20)24(38)39)17-9-16(29)10-18(30)22(17)34-25(28)40/h3-5,8-10,19-21,36H,6-7,11-13H2,1-2H3,(H,33,37)(H,34,40)(H,38,39)/t19-,20?,21-,28+/m1/s1. The van der Waals surface area contributed by atoms with Crippen molar-refractivity contribution in [3.8, 4) is 0 Å². The summed E-state index contributed by atoms with van der Waals surface area (Å²) in [5.41, 5.74) is -0.597. The van der Waals surface area contributed by atoms with Crippen molar-refractivity contribution >= 4 is 46.7 Å². The Morgan fingerprint density at radius 3 is 2.62 bits per heavy atom. The quantitative estimate of drug-likeness (QED) is 0.386. The number of fused-ring (bicyclic) bond motifs is 4. The minimum atomic E-state index is -3.25. The number of hydrogen-bond acceptors (Lipinski definition) is 5. The number of alkyl halides is 2. The second-order valence-corrected chi connectivity index (χ2v) is 12.3. The van der Waals surface area contributed by atoms with Crippen molar-refractivity contribution in [2.75, 3.05) is 25.0 Å². The highest BCUT2D eigenvalue weighted by atomic mass is 35.5. The topological polar surface area (TPSA) is 119 Å². The maximum absolute atomic E-state index is 14.8. The Morgan fingerprint density at radius 2 is 1.95 bits per heavy atom. The summed E-state index contributed by atoms with van der Waals surface area (Å²) in [6.07, 6.45) is -0.387. The normalized spacial score (nSPS) is 27.0. The van der Waals surface area contributed by atoms with Crippen molar-refractivity contribution in [3.63, 3.8) is 0 Å². The lowest BCUT2D eigenvalue weighted by Crippen LogP contribution is -2.54. The van der Waals surface area contributed by atoms with Crippen LogP contribution in [0.5, 0.6) is 0 Å². The number of aliphatic hydroxyl groups excluding tert-OH is 1. The monoisotopic (exact) mass is 595 g/mol. The fourth-order valence-electron chi connectivity index (χ4n) is 6.49. The molecule has 12 heteroatoms. The van der Waals surface area contributed by atoms with Gasteiger partial charge in [0.15, 0.2) is 0 Å². The first kappa shape index (κ1) is 28.7. The van der Waals surface area contributed by atoms with Gasteiger partial charge in [0.25, 0.3) is 11.8 Å². The molecule has 4 atom stereocenters. The van der Waals surface area contributed by atoms with Crippen LogP contribution < -0.4 is 10.6 Å². The van der Waals surface area contributed by atoms with Gasteiger partial charge in [0.2, 0.25) is 5.91 Å². The molecule has 8 nitrogen and oxygen atoms in total. The summed E-state index contributed by atoms with van der Waals surface area (Å²) >= 11 is 12.5. The molecular formula is C28H29Cl2F2N3O5. The van der Waals surface area contributed by atoms with Crippen LogP contribution in [-0.2, 0) is 31.8 Å². The molecule has 2 fully saturated rings. The highest BCUT2D eigenvalue weighted by molar-refractivity contribution is 6.38. The molecule has 0 saturated carbocycles. The second-order valence-electron chi connectivity index (χ2n) is 11.4. The van der Waals surface area contributed by atoms with Gasteiger partial charge in [-0.1, -0.05) is 61.3 Å². The summed E-state index contributed by atoms with van der Waals surface area (Å²) in [6.45, 7) is 2.97. The number of carboxylic acids is 1. The molecule has 0 bridgehead atoms. The van der Waals surface area contributed by atoms with Crippen LogP contribution in [0.25, 0.3) is 0 Å². The number of rotatable bonds is 7. The van der Waals surface area contributed by atoms with Crippen LogP contribution >= 0.6 is 23.2 Å². The average Bonchev–Trinajstić information content (AvgIpc) is 3.45. The first-order chi connectivity index (χ1) is 18.7. The number of carbonyl (C=O) groups is 3. The van der Waals surface area contributed by atoms with Crippen LogP contribution in [0.1, 0.15) is 37.0 Å². The van der Waals surface area contributed by atoms with Gasteiger partial charge in [0, 0.05) is 35.0 Å². The van der Waals surface area contributed by atoms with E-state index in [2.05, 4.69) is 10.6 Å². The molecule has 214 valence electrons. The van der Waals surface area contributed by atoms with E-state index in [1.165, 1.54) is 12.1 Å². The van der Waals surface area contributed by atoms with Crippen LogP contribution in [0.4, 0.5) is 14.5 Å². The Labute approximate surface area is 239 Å². The van der Waals surface area contributed by atoms with E-state index in [1.807, 2.05) is 38.1 Å².